The molecule has 0 N–H and O–H groups in total. The van der Waals surface area contributed by atoms with Crippen molar-refractivity contribution in [2.45, 2.75) is 19.1 Å². The summed E-state index contributed by atoms with van der Waals surface area (Å²) in [6, 6.07) is 28.2. The van der Waals surface area contributed by atoms with Gasteiger partial charge in [-0.05, 0) is 38.6 Å². The Bertz CT molecular complexity index is 1460. The van der Waals surface area contributed by atoms with Crippen LogP contribution < -0.4 is 4.90 Å². The molecule has 1 aliphatic heterocycles. The van der Waals surface area contributed by atoms with Crippen molar-refractivity contribution < 1.29 is 14.3 Å². The van der Waals surface area contributed by atoms with Crippen molar-refractivity contribution in [1.29, 1.82) is 0 Å². The number of hydrogen-bond donors (Lipinski definition) is 0. The Morgan fingerprint density at radius 2 is 1.42 bits per heavy atom. The maximum absolute atomic E-state index is 13.2. The van der Waals surface area contributed by atoms with Gasteiger partial charge in [-0.15, -0.1) is 0 Å². The molecule has 5 aromatic rings. The first-order chi connectivity index (χ1) is 15.1. The van der Waals surface area contributed by atoms with E-state index >= 15 is 0 Å². The van der Waals surface area contributed by atoms with Gasteiger partial charge in [-0.2, -0.15) is 0 Å². The zero-order valence-corrected chi connectivity index (χ0v) is 16.9. The van der Waals surface area contributed by atoms with E-state index < -0.39 is 12.1 Å². The van der Waals surface area contributed by atoms with Crippen LogP contribution in [0.3, 0.4) is 0 Å². The summed E-state index contributed by atoms with van der Waals surface area (Å²) in [4.78, 5) is 26.6. The highest BCUT2D eigenvalue weighted by molar-refractivity contribution is 6.26. The maximum Gasteiger partial charge on any atom is 0.303 e. The number of anilines is 1. The number of nitrogens with zero attached hydrogens (tertiary/aromatic N) is 1. The molecule has 1 amide bonds. The van der Waals surface area contributed by atoms with Gasteiger partial charge < -0.3 is 4.74 Å². The lowest BCUT2D eigenvalue weighted by molar-refractivity contribution is -0.160. The van der Waals surface area contributed by atoms with Gasteiger partial charge >= 0.3 is 5.97 Å². The SMILES string of the molecule is CC(=O)OC1C(=O)N(c2ccc3ccc4cccc5ccc2c3c45)[C@H]1c1ccccc1. The first-order valence-electron chi connectivity index (χ1n) is 10.4. The van der Waals surface area contributed by atoms with Crippen LogP contribution in [0.15, 0.2) is 84.9 Å². The summed E-state index contributed by atoms with van der Waals surface area (Å²) in [6.45, 7) is 1.34. The van der Waals surface area contributed by atoms with E-state index in [2.05, 4.69) is 48.5 Å². The summed E-state index contributed by atoms with van der Waals surface area (Å²) in [6.07, 6.45) is -0.807. The fourth-order valence-corrected chi connectivity index (χ4v) is 4.93. The third kappa shape index (κ3) is 2.55. The largest absolute Gasteiger partial charge is 0.450 e. The lowest BCUT2D eigenvalue weighted by Crippen LogP contribution is -2.60. The molecule has 5 aromatic carbocycles. The predicted octanol–water partition coefficient (Wildman–Crippen LogP) is 5.60. The molecule has 1 aliphatic rings. The zero-order chi connectivity index (χ0) is 21.1. The molecule has 1 fully saturated rings. The first kappa shape index (κ1) is 17.9. The summed E-state index contributed by atoms with van der Waals surface area (Å²) in [5.74, 6) is -0.645. The van der Waals surface area contributed by atoms with Gasteiger partial charge in [0, 0.05) is 12.3 Å². The van der Waals surface area contributed by atoms with E-state index in [9.17, 15) is 9.59 Å². The summed E-state index contributed by atoms with van der Waals surface area (Å²) >= 11 is 0. The van der Waals surface area contributed by atoms with Crippen molar-refractivity contribution >= 4 is 49.9 Å². The minimum Gasteiger partial charge on any atom is -0.450 e. The van der Waals surface area contributed by atoms with Crippen LogP contribution in [-0.2, 0) is 14.3 Å². The zero-order valence-electron chi connectivity index (χ0n) is 16.9. The van der Waals surface area contributed by atoms with Crippen LogP contribution in [0, 0.1) is 0 Å². The molecule has 6 rings (SSSR count). The second-order valence-corrected chi connectivity index (χ2v) is 8.03. The van der Waals surface area contributed by atoms with E-state index in [1.165, 1.54) is 23.1 Å². The van der Waals surface area contributed by atoms with Gasteiger partial charge in [-0.25, -0.2) is 0 Å². The summed E-state index contributed by atoms with van der Waals surface area (Å²) in [7, 11) is 0. The number of hydrogen-bond acceptors (Lipinski definition) is 3. The Labute approximate surface area is 179 Å². The Morgan fingerprint density at radius 1 is 0.774 bits per heavy atom. The number of esters is 1. The third-order valence-electron chi connectivity index (χ3n) is 6.24. The number of carbonyl (C=O) groups excluding carboxylic acids is 2. The summed E-state index contributed by atoms with van der Waals surface area (Å²) in [5, 5.41) is 6.89. The highest BCUT2D eigenvalue weighted by atomic mass is 16.6. The number of rotatable bonds is 3. The van der Waals surface area contributed by atoms with Crippen molar-refractivity contribution in [1.82, 2.24) is 0 Å². The normalized spacial score (nSPS) is 18.6. The molecule has 0 saturated carbocycles. The van der Waals surface area contributed by atoms with E-state index in [-0.39, 0.29) is 11.9 Å². The van der Waals surface area contributed by atoms with Crippen molar-refractivity contribution in [3.8, 4) is 0 Å². The highest BCUT2D eigenvalue weighted by Gasteiger charge is 2.51. The van der Waals surface area contributed by atoms with Crippen molar-refractivity contribution in [2.75, 3.05) is 4.90 Å². The smallest absolute Gasteiger partial charge is 0.303 e. The fourth-order valence-electron chi connectivity index (χ4n) is 4.93. The molecule has 150 valence electrons. The Hall–Kier alpha value is -3.92. The molecule has 0 radical (unpaired) electrons. The van der Waals surface area contributed by atoms with Gasteiger partial charge in [0.15, 0.2) is 0 Å². The minimum atomic E-state index is -0.807. The lowest BCUT2D eigenvalue weighted by Gasteiger charge is -2.46. The molecular weight excluding hydrogens is 386 g/mol. The number of β-lactam (4-membered cyclic amide) rings is 1. The van der Waals surface area contributed by atoms with Crippen LogP contribution in [-0.4, -0.2) is 18.0 Å². The molecule has 2 atom stereocenters. The van der Waals surface area contributed by atoms with Crippen LogP contribution >= 0.6 is 0 Å². The number of benzene rings is 5. The van der Waals surface area contributed by atoms with Gasteiger partial charge in [-0.3, -0.25) is 14.5 Å². The molecule has 31 heavy (non-hydrogen) atoms. The molecule has 0 bridgehead atoms. The van der Waals surface area contributed by atoms with Crippen LogP contribution in [0.2, 0.25) is 0 Å². The summed E-state index contributed by atoms with van der Waals surface area (Å²) in [5.41, 5.74) is 1.78. The van der Waals surface area contributed by atoms with Gasteiger partial charge in [0.2, 0.25) is 6.10 Å². The Morgan fingerprint density at radius 3 is 2.13 bits per heavy atom. The number of amides is 1. The predicted molar refractivity (Wildman–Crippen MR) is 122 cm³/mol. The standard InChI is InChI=1S/C27H19NO3/c1-16(29)31-26-25(20-6-3-2-4-7-20)28(27(26)30)22-15-13-19-11-10-17-8-5-9-18-12-14-21(22)24(19)23(17)18/h2-15,25-26H,1H3/t25-,26?/m0/s1. The molecule has 0 aromatic heterocycles. The molecule has 1 unspecified atom stereocenters. The van der Waals surface area contributed by atoms with Crippen LogP contribution in [0.5, 0.6) is 0 Å². The van der Waals surface area contributed by atoms with Gasteiger partial charge in [-0.1, -0.05) is 78.9 Å². The van der Waals surface area contributed by atoms with Crippen molar-refractivity contribution in [3.63, 3.8) is 0 Å². The molecule has 1 saturated heterocycles. The average molecular weight is 405 g/mol. The molecular formula is C27H19NO3. The van der Waals surface area contributed by atoms with Gasteiger partial charge in [0.25, 0.3) is 5.91 Å². The monoisotopic (exact) mass is 405 g/mol. The fraction of sp³-hybridized carbons (Fsp3) is 0.111. The second-order valence-electron chi connectivity index (χ2n) is 8.03. The lowest BCUT2D eigenvalue weighted by atomic mass is 9.87. The average Bonchev–Trinajstić information content (AvgIpc) is 2.80. The molecule has 4 heteroatoms. The van der Waals surface area contributed by atoms with Crippen LogP contribution in [0.1, 0.15) is 18.5 Å². The van der Waals surface area contributed by atoms with E-state index in [1.54, 1.807) is 4.90 Å². The summed E-state index contributed by atoms with van der Waals surface area (Å²) < 4.78 is 5.41. The quantitative estimate of drug-likeness (QED) is 0.223. The van der Waals surface area contributed by atoms with Gasteiger partial charge in [0.05, 0.1) is 5.69 Å². The van der Waals surface area contributed by atoms with Crippen molar-refractivity contribution in [3.05, 3.63) is 90.5 Å². The second kappa shape index (κ2) is 6.54. The molecule has 1 heterocycles. The number of carbonyl (C=O) groups is 2. The highest BCUT2D eigenvalue weighted by Crippen LogP contribution is 2.46. The molecule has 4 nitrogen and oxygen atoms in total. The topological polar surface area (TPSA) is 46.6 Å². The Balaban J connectivity index is 1.58. The van der Waals surface area contributed by atoms with E-state index in [0.29, 0.717) is 0 Å². The van der Waals surface area contributed by atoms with E-state index in [1.807, 2.05) is 36.4 Å². The van der Waals surface area contributed by atoms with Gasteiger partial charge in [0.1, 0.15) is 6.04 Å². The molecule has 0 aliphatic carbocycles. The Kier molecular flexibility index (Phi) is 3.78. The first-order valence-corrected chi connectivity index (χ1v) is 10.4. The molecule has 0 spiro atoms. The van der Waals surface area contributed by atoms with Crippen LogP contribution in [0.4, 0.5) is 5.69 Å². The van der Waals surface area contributed by atoms with E-state index in [0.717, 1.165) is 27.4 Å². The van der Waals surface area contributed by atoms with E-state index in [4.69, 9.17) is 4.74 Å². The van der Waals surface area contributed by atoms with Crippen molar-refractivity contribution in [2.24, 2.45) is 0 Å². The van der Waals surface area contributed by atoms with Crippen LogP contribution in [0.25, 0.3) is 32.3 Å². The number of ether oxygens (including phenoxy) is 1. The third-order valence-corrected chi connectivity index (χ3v) is 6.24. The minimum absolute atomic E-state index is 0.195. The maximum atomic E-state index is 13.2.